The summed E-state index contributed by atoms with van der Waals surface area (Å²) in [5.41, 5.74) is 1.71. The molecule has 1 aromatic carbocycles. The van der Waals surface area contributed by atoms with Crippen LogP contribution in [0.5, 0.6) is 5.75 Å². The van der Waals surface area contributed by atoms with Gasteiger partial charge in [-0.3, -0.25) is 4.79 Å². The van der Waals surface area contributed by atoms with Gasteiger partial charge in [-0.1, -0.05) is 18.2 Å². The minimum absolute atomic E-state index is 0.0626. The summed E-state index contributed by atoms with van der Waals surface area (Å²) in [5, 5.41) is 3.99. The summed E-state index contributed by atoms with van der Waals surface area (Å²) in [6.45, 7) is 5.35. The van der Waals surface area contributed by atoms with E-state index in [2.05, 4.69) is 11.9 Å². The predicted molar refractivity (Wildman–Crippen MR) is 79.5 cm³/mol. The average Bonchev–Trinajstić information content (AvgIpc) is 3.24. The molecule has 0 atom stereocenters. The monoisotopic (exact) mass is 292 g/mol. The average molecular weight is 293 g/mol. The van der Waals surface area contributed by atoms with Crippen molar-refractivity contribution in [2.75, 3.05) is 24.6 Å². The molecule has 1 heterocycles. The number of carbonyl (C=O) groups excluding carboxylic acids is 1. The van der Waals surface area contributed by atoms with Gasteiger partial charge >= 0.3 is 0 Å². The molecule has 20 heavy (non-hydrogen) atoms. The first kappa shape index (κ1) is 13.5. The first-order valence-corrected chi connectivity index (χ1v) is 7.14. The quantitative estimate of drug-likeness (QED) is 0.847. The minimum atomic E-state index is -0.0626. The van der Waals surface area contributed by atoms with Crippen molar-refractivity contribution in [2.24, 2.45) is 0 Å². The van der Waals surface area contributed by atoms with Crippen LogP contribution < -0.4 is 15.0 Å². The molecule has 1 saturated carbocycles. The Labute approximate surface area is 123 Å². The van der Waals surface area contributed by atoms with E-state index in [1.54, 1.807) is 23.1 Å². The largest absolute Gasteiger partial charge is 0.482 e. The molecular weight excluding hydrogens is 276 g/mol. The van der Waals surface area contributed by atoms with Crippen molar-refractivity contribution in [1.82, 2.24) is 5.32 Å². The van der Waals surface area contributed by atoms with Crippen molar-refractivity contribution in [3.63, 3.8) is 0 Å². The van der Waals surface area contributed by atoms with Gasteiger partial charge in [0.2, 0.25) is 0 Å². The molecule has 0 saturated heterocycles. The molecule has 106 valence electrons. The number of fused-ring (bicyclic) bond motifs is 1. The standard InChI is InChI=1S/C15H17ClN2O2/c1-10(7-17-12-3-4-12)8-18-13-6-11(16)2-5-14(13)20-9-15(18)19/h2,5-6,12,17H,1,3-4,7-9H2. The van der Waals surface area contributed by atoms with Gasteiger partial charge in [0.15, 0.2) is 6.61 Å². The molecule has 0 radical (unpaired) electrons. The summed E-state index contributed by atoms with van der Waals surface area (Å²) in [6, 6.07) is 5.95. The zero-order valence-electron chi connectivity index (χ0n) is 11.2. The predicted octanol–water partition coefficient (Wildman–Crippen LogP) is 2.37. The zero-order valence-corrected chi connectivity index (χ0v) is 11.9. The van der Waals surface area contributed by atoms with Crippen LogP contribution in [0.25, 0.3) is 0 Å². The normalized spacial score (nSPS) is 17.6. The van der Waals surface area contributed by atoms with Gasteiger partial charge < -0.3 is 15.0 Å². The fourth-order valence-electron chi connectivity index (χ4n) is 2.20. The van der Waals surface area contributed by atoms with Crippen molar-refractivity contribution in [3.8, 4) is 5.75 Å². The second kappa shape index (κ2) is 5.46. The highest BCUT2D eigenvalue weighted by atomic mass is 35.5. The lowest BCUT2D eigenvalue weighted by Crippen LogP contribution is -2.41. The number of benzene rings is 1. The van der Waals surface area contributed by atoms with Crippen LogP contribution in [0.1, 0.15) is 12.8 Å². The second-order valence-corrected chi connectivity index (χ2v) is 5.72. The first-order chi connectivity index (χ1) is 9.63. The van der Waals surface area contributed by atoms with E-state index < -0.39 is 0 Å². The smallest absolute Gasteiger partial charge is 0.265 e. The summed E-state index contributed by atoms with van der Waals surface area (Å²) < 4.78 is 5.42. The molecule has 1 aromatic rings. The third-order valence-corrected chi connectivity index (χ3v) is 3.70. The van der Waals surface area contributed by atoms with Gasteiger partial charge in [-0.2, -0.15) is 0 Å². The summed E-state index contributed by atoms with van der Waals surface area (Å²) >= 11 is 6.01. The van der Waals surface area contributed by atoms with Crippen molar-refractivity contribution in [3.05, 3.63) is 35.4 Å². The molecule has 0 spiro atoms. The number of hydrogen-bond acceptors (Lipinski definition) is 3. The van der Waals surface area contributed by atoms with Gasteiger partial charge in [0.1, 0.15) is 5.75 Å². The highest BCUT2D eigenvalue weighted by Crippen LogP contribution is 2.34. The molecule has 1 aliphatic carbocycles. The van der Waals surface area contributed by atoms with Crippen LogP contribution in [0, 0.1) is 0 Å². The van der Waals surface area contributed by atoms with E-state index in [0.29, 0.717) is 23.4 Å². The van der Waals surface area contributed by atoms with Gasteiger partial charge in [0.25, 0.3) is 5.91 Å². The number of nitrogens with one attached hydrogen (secondary N) is 1. The number of ether oxygens (including phenoxy) is 1. The lowest BCUT2D eigenvalue weighted by atomic mass is 10.2. The molecule has 1 amide bonds. The van der Waals surface area contributed by atoms with Gasteiger partial charge in [0.05, 0.1) is 5.69 Å². The molecule has 2 aliphatic rings. The summed E-state index contributed by atoms with van der Waals surface area (Å²) in [5.74, 6) is 0.629. The van der Waals surface area contributed by atoms with Crippen LogP contribution in [0.15, 0.2) is 30.4 Å². The van der Waals surface area contributed by atoms with Crippen LogP contribution in [-0.2, 0) is 4.79 Å². The first-order valence-electron chi connectivity index (χ1n) is 6.76. The SMILES string of the molecule is C=C(CNC1CC1)CN1C(=O)COc2ccc(Cl)cc21. The van der Waals surface area contributed by atoms with Crippen LogP contribution in [0.3, 0.4) is 0 Å². The Kier molecular flexibility index (Phi) is 3.68. The number of anilines is 1. The zero-order chi connectivity index (χ0) is 14.1. The van der Waals surface area contributed by atoms with Crippen LogP contribution in [0.2, 0.25) is 5.02 Å². The molecule has 0 aromatic heterocycles. The van der Waals surface area contributed by atoms with E-state index in [9.17, 15) is 4.79 Å². The second-order valence-electron chi connectivity index (χ2n) is 5.29. The maximum atomic E-state index is 12.1. The number of carbonyl (C=O) groups is 1. The molecule has 1 aliphatic heterocycles. The third kappa shape index (κ3) is 2.97. The molecule has 0 unspecified atom stereocenters. The molecule has 5 heteroatoms. The number of hydrogen-bond donors (Lipinski definition) is 1. The van der Waals surface area contributed by atoms with E-state index in [0.717, 1.165) is 17.8 Å². The summed E-state index contributed by atoms with van der Waals surface area (Å²) in [6.07, 6.45) is 2.48. The van der Waals surface area contributed by atoms with E-state index in [1.165, 1.54) is 12.8 Å². The van der Waals surface area contributed by atoms with E-state index in [1.807, 2.05) is 0 Å². The van der Waals surface area contributed by atoms with Gasteiger partial charge in [0, 0.05) is 24.2 Å². The Morgan fingerprint density at radius 2 is 2.30 bits per heavy atom. The Morgan fingerprint density at radius 3 is 3.05 bits per heavy atom. The molecule has 0 bridgehead atoms. The minimum Gasteiger partial charge on any atom is -0.482 e. The lowest BCUT2D eigenvalue weighted by Gasteiger charge is -2.30. The van der Waals surface area contributed by atoms with Gasteiger partial charge in [-0.25, -0.2) is 0 Å². The Hall–Kier alpha value is -1.52. The number of amides is 1. The van der Waals surface area contributed by atoms with Crippen LogP contribution in [0.4, 0.5) is 5.69 Å². The van der Waals surface area contributed by atoms with Crippen LogP contribution >= 0.6 is 11.6 Å². The maximum Gasteiger partial charge on any atom is 0.265 e. The van der Waals surface area contributed by atoms with Crippen molar-refractivity contribution in [1.29, 1.82) is 0 Å². The van der Waals surface area contributed by atoms with Gasteiger partial charge in [-0.05, 0) is 36.6 Å². The van der Waals surface area contributed by atoms with Crippen molar-refractivity contribution in [2.45, 2.75) is 18.9 Å². The third-order valence-electron chi connectivity index (χ3n) is 3.46. The highest BCUT2D eigenvalue weighted by Gasteiger charge is 2.26. The molecule has 1 N–H and O–H groups in total. The molecular formula is C15H17ClN2O2. The van der Waals surface area contributed by atoms with E-state index >= 15 is 0 Å². The van der Waals surface area contributed by atoms with Crippen molar-refractivity contribution < 1.29 is 9.53 Å². The van der Waals surface area contributed by atoms with Gasteiger partial charge in [-0.15, -0.1) is 0 Å². The Bertz CT molecular complexity index is 555. The Balaban J connectivity index is 1.72. The molecule has 3 rings (SSSR count). The fraction of sp³-hybridized carbons (Fsp3) is 0.400. The molecule has 1 fully saturated rings. The Morgan fingerprint density at radius 1 is 1.50 bits per heavy atom. The highest BCUT2D eigenvalue weighted by molar-refractivity contribution is 6.31. The van der Waals surface area contributed by atoms with Crippen molar-refractivity contribution >= 4 is 23.2 Å². The van der Waals surface area contributed by atoms with Crippen LogP contribution in [-0.4, -0.2) is 31.6 Å². The number of nitrogens with zero attached hydrogens (tertiary/aromatic N) is 1. The molecule has 4 nitrogen and oxygen atoms in total. The fourth-order valence-corrected chi connectivity index (χ4v) is 2.37. The van der Waals surface area contributed by atoms with E-state index in [-0.39, 0.29) is 12.5 Å². The maximum absolute atomic E-state index is 12.1. The topological polar surface area (TPSA) is 41.6 Å². The van der Waals surface area contributed by atoms with E-state index in [4.69, 9.17) is 16.3 Å². The lowest BCUT2D eigenvalue weighted by molar-refractivity contribution is -0.121. The summed E-state index contributed by atoms with van der Waals surface area (Å²) in [4.78, 5) is 13.7. The number of rotatable bonds is 5. The summed E-state index contributed by atoms with van der Waals surface area (Å²) in [7, 11) is 0. The number of halogens is 1.